The predicted molar refractivity (Wildman–Crippen MR) is 112 cm³/mol. The molecule has 0 atom stereocenters. The summed E-state index contributed by atoms with van der Waals surface area (Å²) in [6, 6.07) is 1.26. The Labute approximate surface area is 163 Å². The molecule has 0 aromatic rings. The van der Waals surface area contributed by atoms with Crippen LogP contribution in [0.2, 0.25) is 0 Å². The lowest BCUT2D eigenvalue weighted by atomic mass is 9.92. The van der Waals surface area contributed by atoms with E-state index in [1.165, 1.54) is 45.2 Å². The van der Waals surface area contributed by atoms with E-state index in [4.69, 9.17) is 0 Å². The minimum absolute atomic E-state index is 0.0306. The fraction of sp³-hybridized carbons (Fsp3) is 0.895. The molecule has 1 aliphatic heterocycles. The van der Waals surface area contributed by atoms with Crippen molar-refractivity contribution < 1.29 is 4.79 Å². The minimum Gasteiger partial charge on any atom is -0.356 e. The smallest absolute Gasteiger partial charge is 0.243 e. The summed E-state index contributed by atoms with van der Waals surface area (Å²) >= 11 is 1.81. The van der Waals surface area contributed by atoms with Crippen molar-refractivity contribution in [2.24, 2.45) is 4.99 Å². The van der Waals surface area contributed by atoms with E-state index < -0.39 is 0 Å². The third-order valence-electron chi connectivity index (χ3n) is 5.43. The Morgan fingerprint density at radius 1 is 1.15 bits per heavy atom. The van der Waals surface area contributed by atoms with Crippen LogP contribution in [0.1, 0.15) is 44.9 Å². The highest BCUT2D eigenvalue weighted by Crippen LogP contribution is 2.25. The van der Waals surface area contributed by atoms with Gasteiger partial charge in [-0.05, 0) is 31.9 Å². The zero-order valence-corrected chi connectivity index (χ0v) is 17.6. The molecular formula is C19H37N5OS. The average Bonchev–Trinajstić information content (AvgIpc) is 2.67. The normalized spacial score (nSPS) is 20.8. The van der Waals surface area contributed by atoms with E-state index in [1.807, 2.05) is 11.8 Å². The molecule has 1 saturated heterocycles. The minimum atomic E-state index is 0.0306. The second-order valence-corrected chi connectivity index (χ2v) is 8.60. The summed E-state index contributed by atoms with van der Waals surface area (Å²) in [5.41, 5.74) is 0. The number of hydrogen-bond acceptors (Lipinski definition) is 4. The van der Waals surface area contributed by atoms with Gasteiger partial charge in [0, 0.05) is 51.6 Å². The lowest BCUT2D eigenvalue weighted by Crippen LogP contribution is -2.51. The molecule has 1 saturated carbocycles. The molecule has 1 amide bonds. The molecule has 0 spiro atoms. The molecular weight excluding hydrogens is 346 g/mol. The van der Waals surface area contributed by atoms with Crippen molar-refractivity contribution in [3.05, 3.63) is 0 Å². The molecule has 2 N–H and O–H groups in total. The zero-order valence-electron chi connectivity index (χ0n) is 16.8. The molecule has 2 aliphatic rings. The third-order valence-corrected chi connectivity index (χ3v) is 6.04. The maximum atomic E-state index is 11.8. The molecule has 6 nitrogen and oxygen atoms in total. The predicted octanol–water partition coefficient (Wildman–Crippen LogP) is 1.77. The van der Waals surface area contributed by atoms with Gasteiger partial charge in [0.2, 0.25) is 5.91 Å². The summed E-state index contributed by atoms with van der Waals surface area (Å²) in [4.78, 5) is 20.6. The Morgan fingerprint density at radius 3 is 2.46 bits per heavy atom. The van der Waals surface area contributed by atoms with Crippen LogP contribution in [0.25, 0.3) is 0 Å². The lowest BCUT2D eigenvalue weighted by molar-refractivity contribution is -0.127. The van der Waals surface area contributed by atoms with Crippen LogP contribution in [0, 0.1) is 0 Å². The van der Waals surface area contributed by atoms with Gasteiger partial charge < -0.3 is 20.4 Å². The molecule has 150 valence electrons. The number of carbonyl (C=O) groups excluding carboxylic acids is 1. The molecule has 2 rings (SSSR count). The maximum absolute atomic E-state index is 11.8. The summed E-state index contributed by atoms with van der Waals surface area (Å²) in [6.07, 6.45) is 11.4. The number of rotatable bonds is 7. The first-order chi connectivity index (χ1) is 12.6. The molecule has 1 heterocycles. The highest BCUT2D eigenvalue weighted by molar-refractivity contribution is 7.98. The number of aliphatic imine (C=N–C) groups is 1. The van der Waals surface area contributed by atoms with Crippen molar-refractivity contribution in [1.82, 2.24) is 20.4 Å². The number of likely N-dealkylation sites (tertiary alicyclic amines) is 1. The Balaban J connectivity index is 1.81. The highest BCUT2D eigenvalue weighted by atomic mass is 32.2. The Bertz CT molecular complexity index is 443. The molecule has 26 heavy (non-hydrogen) atoms. The van der Waals surface area contributed by atoms with Gasteiger partial charge in [-0.2, -0.15) is 11.8 Å². The molecule has 0 bridgehead atoms. The quantitative estimate of drug-likeness (QED) is 0.399. The van der Waals surface area contributed by atoms with E-state index in [1.54, 1.807) is 19.0 Å². The SMILES string of the molecule is CSCCNC(=NCC(=O)N(C)C)NC1CCN(C2CCCCC2)CC1. The van der Waals surface area contributed by atoms with Crippen molar-refractivity contribution >= 4 is 23.6 Å². The Kier molecular flexibility index (Phi) is 9.61. The van der Waals surface area contributed by atoms with Crippen LogP contribution in [0.4, 0.5) is 0 Å². The number of nitrogens with one attached hydrogen (secondary N) is 2. The number of carbonyl (C=O) groups is 1. The summed E-state index contributed by atoms with van der Waals surface area (Å²) in [5.74, 6) is 1.84. The van der Waals surface area contributed by atoms with Gasteiger partial charge in [-0.1, -0.05) is 19.3 Å². The van der Waals surface area contributed by atoms with Crippen molar-refractivity contribution in [1.29, 1.82) is 0 Å². The first-order valence-corrected chi connectivity index (χ1v) is 11.5. The summed E-state index contributed by atoms with van der Waals surface area (Å²) in [7, 11) is 3.54. The molecule has 0 aromatic heterocycles. The number of amides is 1. The van der Waals surface area contributed by atoms with E-state index in [2.05, 4.69) is 26.8 Å². The van der Waals surface area contributed by atoms with E-state index >= 15 is 0 Å². The first kappa shape index (κ1) is 21.4. The van der Waals surface area contributed by atoms with Crippen LogP contribution in [-0.4, -0.2) is 86.0 Å². The van der Waals surface area contributed by atoms with Gasteiger partial charge in [-0.3, -0.25) is 4.79 Å². The Hall–Kier alpha value is -0.950. The van der Waals surface area contributed by atoms with Crippen LogP contribution in [0.3, 0.4) is 0 Å². The molecule has 2 fully saturated rings. The van der Waals surface area contributed by atoms with Crippen LogP contribution in [-0.2, 0) is 4.79 Å². The molecule has 1 aliphatic carbocycles. The number of guanidine groups is 1. The van der Waals surface area contributed by atoms with Crippen molar-refractivity contribution in [3.8, 4) is 0 Å². The summed E-state index contributed by atoms with van der Waals surface area (Å²) in [6.45, 7) is 3.42. The number of likely N-dealkylation sites (N-methyl/N-ethyl adjacent to an activating group) is 1. The van der Waals surface area contributed by atoms with Gasteiger partial charge >= 0.3 is 0 Å². The van der Waals surface area contributed by atoms with Crippen molar-refractivity contribution in [3.63, 3.8) is 0 Å². The third kappa shape index (κ3) is 7.35. The molecule has 7 heteroatoms. The van der Waals surface area contributed by atoms with Gasteiger partial charge in [0.25, 0.3) is 0 Å². The Morgan fingerprint density at radius 2 is 1.85 bits per heavy atom. The number of hydrogen-bond donors (Lipinski definition) is 2. The lowest BCUT2D eigenvalue weighted by Gasteiger charge is -2.39. The molecule has 0 unspecified atom stereocenters. The topological polar surface area (TPSA) is 60.0 Å². The zero-order chi connectivity index (χ0) is 18.8. The molecule has 0 radical (unpaired) electrons. The standard InChI is InChI=1S/C19H37N5OS/c1-23(2)18(25)15-21-19(20-11-14-26-3)22-16-9-12-24(13-10-16)17-7-5-4-6-8-17/h16-17H,4-15H2,1-3H3,(H2,20,21,22). The van der Waals surface area contributed by atoms with E-state index in [0.717, 1.165) is 37.1 Å². The largest absolute Gasteiger partial charge is 0.356 e. The number of piperidine rings is 1. The van der Waals surface area contributed by atoms with Crippen molar-refractivity contribution in [2.75, 3.05) is 52.3 Å². The van der Waals surface area contributed by atoms with E-state index in [-0.39, 0.29) is 12.5 Å². The van der Waals surface area contributed by atoms with Crippen LogP contribution >= 0.6 is 11.8 Å². The number of nitrogens with zero attached hydrogens (tertiary/aromatic N) is 3. The van der Waals surface area contributed by atoms with E-state index in [0.29, 0.717) is 6.04 Å². The van der Waals surface area contributed by atoms with E-state index in [9.17, 15) is 4.79 Å². The monoisotopic (exact) mass is 383 g/mol. The van der Waals surface area contributed by atoms with Gasteiger partial charge in [-0.15, -0.1) is 0 Å². The van der Waals surface area contributed by atoms with Gasteiger partial charge in [0.1, 0.15) is 6.54 Å². The summed E-state index contributed by atoms with van der Waals surface area (Å²) in [5, 5.41) is 6.94. The fourth-order valence-electron chi connectivity index (χ4n) is 3.76. The van der Waals surface area contributed by atoms with Crippen LogP contribution < -0.4 is 10.6 Å². The first-order valence-electron chi connectivity index (χ1n) is 10.1. The van der Waals surface area contributed by atoms with Gasteiger partial charge in [0.05, 0.1) is 0 Å². The van der Waals surface area contributed by atoms with Crippen molar-refractivity contribution in [2.45, 2.75) is 57.0 Å². The second-order valence-electron chi connectivity index (χ2n) is 7.62. The second kappa shape index (κ2) is 11.7. The van der Waals surface area contributed by atoms with Crippen LogP contribution in [0.15, 0.2) is 4.99 Å². The fourth-order valence-corrected chi connectivity index (χ4v) is 4.07. The molecule has 0 aromatic carbocycles. The average molecular weight is 384 g/mol. The van der Waals surface area contributed by atoms with Gasteiger partial charge in [0.15, 0.2) is 5.96 Å². The van der Waals surface area contributed by atoms with Crippen LogP contribution in [0.5, 0.6) is 0 Å². The summed E-state index contributed by atoms with van der Waals surface area (Å²) < 4.78 is 0. The maximum Gasteiger partial charge on any atom is 0.243 e. The number of thioether (sulfide) groups is 1. The van der Waals surface area contributed by atoms with Gasteiger partial charge in [-0.25, -0.2) is 4.99 Å². The highest BCUT2D eigenvalue weighted by Gasteiger charge is 2.26.